The summed E-state index contributed by atoms with van der Waals surface area (Å²) < 4.78 is 29.2. The first-order chi connectivity index (χ1) is 22.9. The zero-order valence-electron chi connectivity index (χ0n) is 31.9. The van der Waals surface area contributed by atoms with Crippen molar-refractivity contribution in [2.24, 2.45) is 28.1 Å². The Morgan fingerprint density at radius 3 is 2.08 bits per heavy atom. The Bertz CT molecular complexity index is 1430. The van der Waals surface area contributed by atoms with Gasteiger partial charge in [-0.25, -0.2) is 4.79 Å². The van der Waals surface area contributed by atoms with Gasteiger partial charge in [-0.1, -0.05) is 74.8 Å². The summed E-state index contributed by atoms with van der Waals surface area (Å²) in [6.07, 6.45) is 2.24. The van der Waals surface area contributed by atoms with Gasteiger partial charge < -0.3 is 26.2 Å². The van der Waals surface area contributed by atoms with Gasteiger partial charge in [0.2, 0.25) is 17.6 Å². The van der Waals surface area contributed by atoms with Crippen LogP contribution in [0.3, 0.4) is 0 Å². The maximum Gasteiger partial charge on any atom is 0.315 e. The summed E-state index contributed by atoms with van der Waals surface area (Å²) in [6, 6.07) is -4.40. The maximum atomic E-state index is 14.4. The van der Waals surface area contributed by atoms with Crippen LogP contribution in [0.5, 0.6) is 0 Å². The first-order valence-electron chi connectivity index (χ1n) is 17.8. The Balaban J connectivity index is 1.82. The fourth-order valence-electron chi connectivity index (χ4n) is 7.22. The molecular formula is C35H61N7O7S. The molecule has 6 atom stereocenters. The van der Waals surface area contributed by atoms with Gasteiger partial charge in [-0.3, -0.25) is 19.2 Å². The van der Waals surface area contributed by atoms with Crippen LogP contribution in [-0.2, 0) is 29.4 Å². The summed E-state index contributed by atoms with van der Waals surface area (Å²) in [5, 5.41) is 11.1. The molecule has 0 radical (unpaired) electrons. The van der Waals surface area contributed by atoms with Gasteiger partial charge in [-0.2, -0.15) is 17.0 Å². The molecule has 3 fully saturated rings. The summed E-state index contributed by atoms with van der Waals surface area (Å²) in [4.78, 5) is 69.0. The Kier molecular flexibility index (Phi) is 12.7. The third kappa shape index (κ3) is 8.87. The molecule has 0 aromatic heterocycles. The van der Waals surface area contributed by atoms with E-state index in [0.717, 1.165) is 0 Å². The number of piperidine rings is 1. The third-order valence-electron chi connectivity index (χ3n) is 10.5. The molecule has 0 bridgehead atoms. The highest BCUT2D eigenvalue weighted by Gasteiger charge is 2.70. The van der Waals surface area contributed by atoms with E-state index in [9.17, 15) is 32.4 Å². The number of urea groups is 1. The van der Waals surface area contributed by atoms with Gasteiger partial charge in [0.05, 0.1) is 6.04 Å². The second kappa shape index (κ2) is 15.3. The molecule has 2 aliphatic heterocycles. The summed E-state index contributed by atoms with van der Waals surface area (Å²) in [7, 11) is -3.69. The van der Waals surface area contributed by atoms with Gasteiger partial charge in [0.1, 0.15) is 12.1 Å². The molecule has 50 heavy (non-hydrogen) atoms. The van der Waals surface area contributed by atoms with Crippen molar-refractivity contribution >= 4 is 39.7 Å². The predicted molar refractivity (Wildman–Crippen MR) is 192 cm³/mol. The Morgan fingerprint density at radius 2 is 1.58 bits per heavy atom. The van der Waals surface area contributed by atoms with E-state index in [0.29, 0.717) is 26.1 Å². The average Bonchev–Trinajstić information content (AvgIpc) is 3.27. The van der Waals surface area contributed by atoms with Crippen LogP contribution in [0.25, 0.3) is 0 Å². The van der Waals surface area contributed by atoms with Gasteiger partial charge in [0.25, 0.3) is 16.1 Å². The molecule has 0 aromatic carbocycles. The predicted octanol–water partition coefficient (Wildman–Crippen LogP) is 2.03. The molecule has 284 valence electrons. The van der Waals surface area contributed by atoms with Crippen molar-refractivity contribution in [3.8, 4) is 0 Å². The average molecular weight is 724 g/mol. The molecule has 2 heterocycles. The van der Waals surface area contributed by atoms with Crippen LogP contribution in [-0.4, -0.2) is 114 Å². The summed E-state index contributed by atoms with van der Waals surface area (Å²) in [5.74, 6) is -2.63. The van der Waals surface area contributed by atoms with Gasteiger partial charge in [0.15, 0.2) is 0 Å². The quantitative estimate of drug-likeness (QED) is 0.157. The molecule has 3 rings (SSSR count). The first kappa shape index (κ1) is 41.4. The molecule has 1 aliphatic carbocycles. The second-order valence-electron chi connectivity index (χ2n) is 17.0. The van der Waals surface area contributed by atoms with E-state index in [1.807, 2.05) is 76.2 Å². The Hall–Kier alpha value is -3.04. The highest BCUT2D eigenvalue weighted by atomic mass is 32.2. The van der Waals surface area contributed by atoms with Gasteiger partial charge in [-0.15, -0.1) is 6.58 Å². The number of hydrogen-bond acceptors (Lipinski definition) is 7. The van der Waals surface area contributed by atoms with Crippen LogP contribution >= 0.6 is 0 Å². The Labute approximate surface area is 299 Å². The second-order valence-corrected chi connectivity index (χ2v) is 18.9. The maximum absolute atomic E-state index is 14.4. The third-order valence-corrected chi connectivity index (χ3v) is 12.7. The number of nitrogens with zero attached hydrogens (tertiary/aromatic N) is 3. The summed E-state index contributed by atoms with van der Waals surface area (Å²) >= 11 is 0. The van der Waals surface area contributed by atoms with Gasteiger partial charge in [0, 0.05) is 44.8 Å². The number of carbonyl (C=O) groups is 5. The van der Waals surface area contributed by atoms with Crippen molar-refractivity contribution in [2.75, 3.05) is 32.7 Å². The lowest BCUT2D eigenvalue weighted by atomic mass is 9.85. The van der Waals surface area contributed by atoms with E-state index < -0.39 is 74.7 Å². The number of carbonyl (C=O) groups excluding carboxylic acids is 5. The molecule has 1 saturated carbocycles. The standard InChI is InChI=1S/C35H61N7O7S/c1-13-15-23(27(43)30(45)36-16-14-2)37-29(44)26-25-22(35(25,11)12)19-41(26)31(46)28(34(8,9)10)39-32(47)38-24(33(5,6)7)20-40-17-18-42(21(3)4)50(40,48)49/h14,21-26,28H,2,13,15-20H2,1,3-12H3,(H,36,45)(H,37,44)(H2,38,39,47)/t22-,23?,24+,25-,26?,28+/m0/s1. The van der Waals surface area contributed by atoms with Crippen LogP contribution in [0.2, 0.25) is 0 Å². The van der Waals surface area contributed by atoms with Crippen LogP contribution in [0.4, 0.5) is 4.79 Å². The molecule has 3 aliphatic rings. The van der Waals surface area contributed by atoms with Crippen molar-refractivity contribution in [1.82, 2.24) is 34.8 Å². The zero-order valence-corrected chi connectivity index (χ0v) is 32.7. The van der Waals surface area contributed by atoms with E-state index in [1.54, 1.807) is 0 Å². The largest absolute Gasteiger partial charge is 0.346 e. The number of nitrogens with one attached hydrogen (secondary N) is 4. The molecule has 2 saturated heterocycles. The van der Waals surface area contributed by atoms with E-state index in [4.69, 9.17) is 0 Å². The normalized spacial score (nSPS) is 24.9. The van der Waals surface area contributed by atoms with E-state index in [-0.39, 0.29) is 42.8 Å². The molecule has 15 heteroatoms. The number of likely N-dealkylation sites (tertiary alicyclic amines) is 1. The highest BCUT2D eigenvalue weighted by molar-refractivity contribution is 7.87. The summed E-state index contributed by atoms with van der Waals surface area (Å²) in [5.41, 5.74) is -1.51. The monoisotopic (exact) mass is 723 g/mol. The van der Waals surface area contributed by atoms with Crippen LogP contribution in [0, 0.1) is 28.1 Å². The molecule has 0 spiro atoms. The molecule has 0 aromatic rings. The fourth-order valence-corrected chi connectivity index (χ4v) is 9.01. The molecule has 5 amide bonds. The fraction of sp³-hybridized carbons (Fsp3) is 0.800. The minimum absolute atomic E-state index is 0.0472. The van der Waals surface area contributed by atoms with Crippen molar-refractivity contribution in [3.05, 3.63) is 12.7 Å². The number of amides is 5. The van der Waals surface area contributed by atoms with Crippen molar-refractivity contribution in [3.63, 3.8) is 0 Å². The highest BCUT2D eigenvalue weighted by Crippen LogP contribution is 2.65. The van der Waals surface area contributed by atoms with Crippen molar-refractivity contribution in [1.29, 1.82) is 0 Å². The molecule has 14 nitrogen and oxygen atoms in total. The van der Waals surface area contributed by atoms with Crippen LogP contribution in [0.15, 0.2) is 12.7 Å². The lowest BCUT2D eigenvalue weighted by Gasteiger charge is -2.39. The Morgan fingerprint density at radius 1 is 0.960 bits per heavy atom. The lowest BCUT2D eigenvalue weighted by Crippen LogP contribution is -2.62. The molecule has 4 N–H and O–H groups in total. The van der Waals surface area contributed by atoms with E-state index >= 15 is 0 Å². The minimum atomic E-state index is -3.69. The summed E-state index contributed by atoms with van der Waals surface area (Å²) in [6.45, 7) is 25.5. The topological polar surface area (TPSA) is 177 Å². The number of hydrogen-bond donors (Lipinski definition) is 4. The van der Waals surface area contributed by atoms with Crippen LogP contribution < -0.4 is 21.3 Å². The zero-order chi connectivity index (χ0) is 38.1. The number of fused-ring (bicyclic) bond motifs is 1. The molecule has 2 unspecified atom stereocenters. The van der Waals surface area contributed by atoms with Crippen LogP contribution in [0.1, 0.15) is 89.0 Å². The van der Waals surface area contributed by atoms with Crippen molar-refractivity contribution < 1.29 is 32.4 Å². The number of ketones is 1. The van der Waals surface area contributed by atoms with Gasteiger partial charge >= 0.3 is 6.03 Å². The first-order valence-corrected chi connectivity index (χ1v) is 19.2. The van der Waals surface area contributed by atoms with E-state index in [2.05, 4.69) is 27.8 Å². The SMILES string of the molecule is C=CCNC(=O)C(=O)C(CCC)NC(=O)C1[C@@H]2[C@H](CN1C(=O)[C@@H](NC(=O)N[C@H](CN1CCN(C(C)C)S1(=O)=O)C(C)(C)C)C(C)(C)C)C2(C)C. The van der Waals surface area contributed by atoms with Crippen molar-refractivity contribution in [2.45, 2.75) is 119 Å². The number of Topliss-reactive ketones (excluding diaryl/α,β-unsaturated/α-hetero) is 1. The smallest absolute Gasteiger partial charge is 0.315 e. The minimum Gasteiger partial charge on any atom is -0.346 e. The number of rotatable bonds is 14. The van der Waals surface area contributed by atoms with Gasteiger partial charge in [-0.05, 0) is 48.3 Å². The lowest BCUT2D eigenvalue weighted by molar-refractivity contribution is -0.145. The molecular weight excluding hydrogens is 662 g/mol. The van der Waals surface area contributed by atoms with E-state index in [1.165, 1.54) is 19.6 Å².